The van der Waals surface area contributed by atoms with Gasteiger partial charge in [0.2, 0.25) is 0 Å². The van der Waals surface area contributed by atoms with Crippen LogP contribution in [0, 0.1) is 5.92 Å². The number of nitrogens with zero attached hydrogens (tertiary/aromatic N) is 2. The van der Waals surface area contributed by atoms with E-state index >= 15 is 0 Å². The van der Waals surface area contributed by atoms with Crippen molar-refractivity contribution in [2.75, 3.05) is 9.80 Å². The zero-order chi connectivity index (χ0) is 36.9. The fraction of sp³-hybridized carbons (Fsp3) is 0.308. The minimum atomic E-state index is -0.0785. The molecule has 0 fully saturated rings. The van der Waals surface area contributed by atoms with Crippen LogP contribution in [0.2, 0.25) is 0 Å². The van der Waals surface area contributed by atoms with Crippen LogP contribution >= 0.6 is 0 Å². The molecule has 0 spiro atoms. The van der Waals surface area contributed by atoms with Crippen molar-refractivity contribution < 1.29 is 0 Å². The van der Waals surface area contributed by atoms with E-state index in [-0.39, 0.29) is 10.8 Å². The minimum absolute atomic E-state index is 0.0364. The molecule has 2 heteroatoms. The predicted molar refractivity (Wildman–Crippen MR) is 229 cm³/mol. The number of fused-ring (bicyclic) bond motifs is 8. The molecule has 4 atom stereocenters. The minimum Gasteiger partial charge on any atom is -0.339 e. The molecule has 270 valence electrons. The van der Waals surface area contributed by atoms with Crippen LogP contribution < -0.4 is 9.80 Å². The van der Waals surface area contributed by atoms with Gasteiger partial charge in [0.25, 0.3) is 0 Å². The van der Waals surface area contributed by atoms with E-state index in [2.05, 4.69) is 185 Å². The Morgan fingerprint density at radius 3 is 1.89 bits per heavy atom. The van der Waals surface area contributed by atoms with E-state index in [1.165, 1.54) is 91.2 Å². The van der Waals surface area contributed by atoms with Gasteiger partial charge in [-0.3, -0.25) is 0 Å². The number of aryl methyl sites for hydroxylation is 2. The Morgan fingerprint density at radius 2 is 1.19 bits per heavy atom. The Kier molecular flexibility index (Phi) is 7.58. The molecule has 0 bridgehead atoms. The van der Waals surface area contributed by atoms with Gasteiger partial charge in [-0.15, -0.1) is 0 Å². The van der Waals surface area contributed by atoms with Crippen molar-refractivity contribution in [1.82, 2.24) is 0 Å². The standard InChI is InChI=1S/C52H52N2/c1-33-15-21-37-11-7-9-13-49(37)53(33)39-23-27-43-41-25-19-35(29-45(41)51(3,4)47(43)31-39)17-18-36-20-26-42-44-28-24-40(32-48(44)52(5,6)46(42)30-36)54-34(2)16-22-38-12-8-10-14-50(38)54/h7-14,17-20,23-34,43,47H,15-16,21-22H2,1-6H3/b18-17+. The van der Waals surface area contributed by atoms with Gasteiger partial charge >= 0.3 is 0 Å². The van der Waals surface area contributed by atoms with E-state index in [4.69, 9.17) is 0 Å². The first-order chi connectivity index (χ1) is 26.1. The average Bonchev–Trinajstić information content (AvgIpc) is 3.55. The summed E-state index contributed by atoms with van der Waals surface area (Å²) in [6.07, 6.45) is 16.8. The summed E-state index contributed by atoms with van der Waals surface area (Å²) in [6.45, 7) is 14.5. The molecule has 3 aliphatic carbocycles. The number of allylic oxidation sites excluding steroid dienone is 3. The molecule has 54 heavy (non-hydrogen) atoms. The SMILES string of the molecule is CC1CCc2ccccc2N1C1=CC2C(C=C1)c1ccc(/C=C/c3ccc4c(c3)C(C)(C)c3cc(N5c6ccccc6CCC5C)ccc3-4)cc1C2(C)C. The second kappa shape index (κ2) is 12.2. The summed E-state index contributed by atoms with van der Waals surface area (Å²) in [5.74, 6) is 0.850. The summed E-state index contributed by atoms with van der Waals surface area (Å²) < 4.78 is 0. The molecule has 0 N–H and O–H groups in total. The van der Waals surface area contributed by atoms with Crippen molar-refractivity contribution in [2.24, 2.45) is 5.92 Å². The highest BCUT2D eigenvalue weighted by molar-refractivity contribution is 5.85. The van der Waals surface area contributed by atoms with E-state index in [1.54, 1.807) is 0 Å². The van der Waals surface area contributed by atoms with Crippen molar-refractivity contribution >= 4 is 29.2 Å². The lowest BCUT2D eigenvalue weighted by molar-refractivity contribution is 0.390. The van der Waals surface area contributed by atoms with E-state index < -0.39 is 0 Å². The third-order valence-corrected chi connectivity index (χ3v) is 13.9. The van der Waals surface area contributed by atoms with Crippen molar-refractivity contribution in [2.45, 2.75) is 96.1 Å². The van der Waals surface area contributed by atoms with Gasteiger partial charge in [0, 0.05) is 46.2 Å². The maximum Gasteiger partial charge on any atom is 0.0445 e. The maximum absolute atomic E-state index is 2.60. The molecule has 0 saturated heterocycles. The first-order valence-electron chi connectivity index (χ1n) is 20.4. The van der Waals surface area contributed by atoms with Gasteiger partial charge < -0.3 is 9.80 Å². The Labute approximate surface area is 322 Å². The molecule has 0 aromatic heterocycles. The summed E-state index contributed by atoms with van der Waals surface area (Å²) >= 11 is 0. The second-order valence-corrected chi connectivity index (χ2v) is 17.8. The smallest absolute Gasteiger partial charge is 0.0445 e. The first-order valence-corrected chi connectivity index (χ1v) is 20.4. The molecule has 5 aromatic carbocycles. The van der Waals surface area contributed by atoms with Crippen LogP contribution in [0.25, 0.3) is 23.3 Å². The summed E-state index contributed by atoms with van der Waals surface area (Å²) in [7, 11) is 0. The third-order valence-electron chi connectivity index (χ3n) is 13.9. The molecule has 2 heterocycles. The number of hydrogen-bond donors (Lipinski definition) is 0. The number of rotatable bonds is 4. The highest BCUT2D eigenvalue weighted by Crippen LogP contribution is 2.55. The highest BCUT2D eigenvalue weighted by atomic mass is 15.2. The topological polar surface area (TPSA) is 6.48 Å². The van der Waals surface area contributed by atoms with Crippen molar-refractivity contribution in [1.29, 1.82) is 0 Å². The lowest BCUT2D eigenvalue weighted by atomic mass is 9.73. The number of anilines is 3. The van der Waals surface area contributed by atoms with Gasteiger partial charge in [-0.1, -0.05) is 131 Å². The zero-order valence-electron chi connectivity index (χ0n) is 32.7. The van der Waals surface area contributed by atoms with Crippen LogP contribution in [-0.2, 0) is 23.7 Å². The van der Waals surface area contributed by atoms with Gasteiger partial charge in [0.15, 0.2) is 0 Å². The fourth-order valence-electron chi connectivity index (χ4n) is 10.8. The Bertz CT molecular complexity index is 2420. The van der Waals surface area contributed by atoms with Crippen LogP contribution in [0.3, 0.4) is 0 Å². The average molecular weight is 705 g/mol. The van der Waals surface area contributed by atoms with Gasteiger partial charge in [-0.2, -0.15) is 0 Å². The van der Waals surface area contributed by atoms with Gasteiger partial charge in [0.1, 0.15) is 0 Å². The molecule has 0 saturated carbocycles. The summed E-state index contributed by atoms with van der Waals surface area (Å²) in [4.78, 5) is 5.17. The maximum atomic E-state index is 2.60. The normalized spacial score (nSPS) is 24.0. The van der Waals surface area contributed by atoms with E-state index in [0.29, 0.717) is 23.9 Å². The monoisotopic (exact) mass is 704 g/mol. The molecule has 10 rings (SSSR count). The lowest BCUT2D eigenvalue weighted by Gasteiger charge is -2.40. The van der Waals surface area contributed by atoms with Crippen LogP contribution in [0.4, 0.5) is 17.1 Å². The van der Waals surface area contributed by atoms with Crippen molar-refractivity contribution in [3.8, 4) is 11.1 Å². The summed E-state index contributed by atoms with van der Waals surface area (Å²) in [6, 6.07) is 40.4. The molecule has 0 amide bonds. The van der Waals surface area contributed by atoms with E-state index in [1.807, 2.05) is 0 Å². The first kappa shape index (κ1) is 33.5. The predicted octanol–water partition coefficient (Wildman–Crippen LogP) is 12.9. The number of hydrogen-bond acceptors (Lipinski definition) is 2. The van der Waals surface area contributed by atoms with Crippen LogP contribution in [0.15, 0.2) is 127 Å². The largest absolute Gasteiger partial charge is 0.339 e. The summed E-state index contributed by atoms with van der Waals surface area (Å²) in [5.41, 5.74) is 19.4. The highest BCUT2D eigenvalue weighted by Gasteiger charge is 2.46. The summed E-state index contributed by atoms with van der Waals surface area (Å²) in [5, 5.41) is 0. The Balaban J connectivity index is 0.920. The van der Waals surface area contributed by atoms with E-state index in [0.717, 1.165) is 12.8 Å². The number of para-hydroxylation sites is 2. The van der Waals surface area contributed by atoms with Crippen LogP contribution in [-0.4, -0.2) is 12.1 Å². The molecule has 5 aromatic rings. The zero-order valence-corrected chi connectivity index (χ0v) is 32.7. The van der Waals surface area contributed by atoms with Crippen LogP contribution in [0.5, 0.6) is 0 Å². The molecule has 4 unspecified atom stereocenters. The van der Waals surface area contributed by atoms with Gasteiger partial charge in [-0.25, -0.2) is 0 Å². The molecular formula is C52H52N2. The molecule has 2 aliphatic heterocycles. The van der Waals surface area contributed by atoms with E-state index in [9.17, 15) is 0 Å². The Morgan fingerprint density at radius 1 is 0.611 bits per heavy atom. The molecule has 5 aliphatic rings. The van der Waals surface area contributed by atoms with Crippen molar-refractivity contribution in [3.63, 3.8) is 0 Å². The van der Waals surface area contributed by atoms with Crippen molar-refractivity contribution in [3.05, 3.63) is 172 Å². The van der Waals surface area contributed by atoms with Gasteiger partial charge in [0.05, 0.1) is 0 Å². The quantitative estimate of drug-likeness (QED) is 0.172. The molecule has 0 radical (unpaired) electrons. The van der Waals surface area contributed by atoms with Gasteiger partial charge in [-0.05, 0) is 137 Å². The second-order valence-electron chi connectivity index (χ2n) is 17.8. The Hall–Kier alpha value is -5.08. The number of benzene rings is 5. The van der Waals surface area contributed by atoms with Crippen LogP contribution in [0.1, 0.15) is 105 Å². The molecule has 2 nitrogen and oxygen atoms in total. The molecular weight excluding hydrogens is 653 g/mol. The fourth-order valence-corrected chi connectivity index (χ4v) is 10.8. The lowest BCUT2D eigenvalue weighted by Crippen LogP contribution is -2.38. The third kappa shape index (κ3) is 5.05.